The van der Waals surface area contributed by atoms with E-state index >= 15 is 0 Å². The molecule has 10 nitrogen and oxygen atoms in total. The van der Waals surface area contributed by atoms with E-state index in [4.69, 9.17) is 0 Å². The predicted octanol–water partition coefficient (Wildman–Crippen LogP) is 3.81. The highest BCUT2D eigenvalue weighted by atomic mass is 16.3. The number of nitrogens with one attached hydrogen (secondary N) is 3. The van der Waals surface area contributed by atoms with Crippen LogP contribution in [0.15, 0.2) is 36.9 Å². The molecule has 0 spiro atoms. The summed E-state index contributed by atoms with van der Waals surface area (Å²) < 4.78 is 1.72. The van der Waals surface area contributed by atoms with Crippen molar-refractivity contribution in [2.75, 3.05) is 23.7 Å². The van der Waals surface area contributed by atoms with Crippen molar-refractivity contribution in [1.82, 2.24) is 25.1 Å². The summed E-state index contributed by atoms with van der Waals surface area (Å²) in [5.41, 5.74) is 4.75. The van der Waals surface area contributed by atoms with Crippen LogP contribution >= 0.6 is 0 Å². The van der Waals surface area contributed by atoms with Crippen LogP contribution in [0.25, 0.3) is 11.6 Å². The number of allylic oxidation sites excluding steroid dienone is 1. The van der Waals surface area contributed by atoms with Crippen LogP contribution in [0, 0.1) is 13.8 Å². The molecule has 0 aliphatic carbocycles. The van der Waals surface area contributed by atoms with Gasteiger partial charge in [-0.15, -0.1) is 0 Å². The van der Waals surface area contributed by atoms with Crippen molar-refractivity contribution in [3.05, 3.63) is 65.0 Å². The van der Waals surface area contributed by atoms with E-state index in [1.54, 1.807) is 56.2 Å². The summed E-state index contributed by atoms with van der Waals surface area (Å²) >= 11 is 0. The Hall–Kier alpha value is -3.89. The normalized spacial score (nSPS) is 11.9. The molecule has 0 atom stereocenters. The maximum atomic E-state index is 13.1. The zero-order valence-electron chi connectivity index (χ0n) is 22.9. The number of hydrogen-bond donors (Lipinski definition) is 4. The molecule has 0 aliphatic heterocycles. The average molecular weight is 520 g/mol. The summed E-state index contributed by atoms with van der Waals surface area (Å²) in [4.78, 5) is 33.9. The van der Waals surface area contributed by atoms with E-state index in [9.17, 15) is 14.7 Å². The Morgan fingerprint density at radius 3 is 2.45 bits per heavy atom. The third-order valence-electron chi connectivity index (χ3n) is 5.81. The molecule has 38 heavy (non-hydrogen) atoms. The van der Waals surface area contributed by atoms with Crippen LogP contribution in [0.3, 0.4) is 0 Å². The van der Waals surface area contributed by atoms with Gasteiger partial charge >= 0.3 is 0 Å². The van der Waals surface area contributed by atoms with E-state index < -0.39 is 5.60 Å². The fraction of sp³-hybridized carbons (Fsp3) is 0.393. The number of aryl methyl sites for hydroxylation is 2. The SMILES string of the molecule is CCNCC(=O)Nc1cnc(C)c(NC(=O)c2cnc(C)c(/C=C(\CC)c3cnn(CC(C)(C)O)c3)c2)c1. The molecular weight excluding hydrogens is 482 g/mol. The molecule has 10 heteroatoms. The quantitative estimate of drug-likeness (QED) is 0.303. The number of likely N-dealkylation sites (N-methyl/N-ethyl adjacent to an activating group) is 1. The van der Waals surface area contributed by atoms with Gasteiger partial charge in [-0.05, 0) is 70.0 Å². The summed E-state index contributed by atoms with van der Waals surface area (Å²) in [6, 6.07) is 3.49. The van der Waals surface area contributed by atoms with Gasteiger partial charge in [0.15, 0.2) is 0 Å². The lowest BCUT2D eigenvalue weighted by Crippen LogP contribution is -2.27. The van der Waals surface area contributed by atoms with Gasteiger partial charge in [-0.3, -0.25) is 24.2 Å². The van der Waals surface area contributed by atoms with Crippen molar-refractivity contribution in [3.63, 3.8) is 0 Å². The summed E-state index contributed by atoms with van der Waals surface area (Å²) in [5.74, 6) is -0.518. The molecule has 3 aromatic rings. The van der Waals surface area contributed by atoms with Crippen LogP contribution in [0.2, 0.25) is 0 Å². The molecule has 0 saturated heterocycles. The second-order valence-corrected chi connectivity index (χ2v) is 9.80. The van der Waals surface area contributed by atoms with Crippen molar-refractivity contribution in [2.45, 2.75) is 60.1 Å². The summed E-state index contributed by atoms with van der Waals surface area (Å²) in [6.07, 6.45) is 9.55. The largest absolute Gasteiger partial charge is 0.389 e. The Labute approximate surface area is 223 Å². The molecule has 0 unspecified atom stereocenters. The Morgan fingerprint density at radius 1 is 1.03 bits per heavy atom. The highest BCUT2D eigenvalue weighted by Gasteiger charge is 2.16. The van der Waals surface area contributed by atoms with Gasteiger partial charge in [-0.2, -0.15) is 5.10 Å². The number of nitrogens with zero attached hydrogens (tertiary/aromatic N) is 4. The first-order valence-electron chi connectivity index (χ1n) is 12.7. The number of hydrogen-bond acceptors (Lipinski definition) is 7. The molecule has 4 N–H and O–H groups in total. The van der Waals surface area contributed by atoms with Crippen molar-refractivity contribution in [1.29, 1.82) is 0 Å². The van der Waals surface area contributed by atoms with Gasteiger partial charge in [0.2, 0.25) is 5.91 Å². The number of rotatable bonds is 11. The molecule has 0 radical (unpaired) electrons. The molecule has 0 bridgehead atoms. The van der Waals surface area contributed by atoms with Crippen molar-refractivity contribution in [3.8, 4) is 0 Å². The van der Waals surface area contributed by atoms with E-state index in [1.807, 2.05) is 26.1 Å². The Bertz CT molecular complexity index is 1320. The molecule has 3 rings (SSSR count). The Balaban J connectivity index is 1.81. The van der Waals surface area contributed by atoms with Crippen LogP contribution in [0.1, 0.15) is 67.0 Å². The topological polar surface area (TPSA) is 134 Å². The Kier molecular flexibility index (Phi) is 9.49. The molecule has 202 valence electrons. The molecule has 0 fully saturated rings. The zero-order chi connectivity index (χ0) is 27.9. The molecule has 0 aromatic carbocycles. The first-order chi connectivity index (χ1) is 18.0. The van der Waals surface area contributed by atoms with Gasteiger partial charge in [-0.25, -0.2) is 0 Å². The van der Waals surface area contributed by atoms with E-state index in [-0.39, 0.29) is 18.4 Å². The van der Waals surface area contributed by atoms with Crippen molar-refractivity contribution in [2.24, 2.45) is 0 Å². The number of amides is 2. The lowest BCUT2D eigenvalue weighted by molar-refractivity contribution is -0.115. The van der Waals surface area contributed by atoms with Crippen LogP contribution in [0.4, 0.5) is 11.4 Å². The number of carbonyl (C=O) groups is 2. The van der Waals surface area contributed by atoms with Gasteiger partial charge < -0.3 is 21.1 Å². The maximum Gasteiger partial charge on any atom is 0.257 e. The standard InChI is InChI=1S/C28H37N7O3/c1-7-20(23-13-32-35(16-23)17-28(5,6)38)9-21-10-22(12-30-18(21)3)27(37)34-25-11-24(14-31-19(25)4)33-26(36)15-29-8-2/h9-14,16,29,38H,7-8,15,17H2,1-6H3,(H,33,36)(H,34,37)/b20-9+. The van der Waals surface area contributed by atoms with Gasteiger partial charge in [0.05, 0.1) is 53.7 Å². The smallest absolute Gasteiger partial charge is 0.257 e. The van der Waals surface area contributed by atoms with Crippen LogP contribution in [0.5, 0.6) is 0 Å². The van der Waals surface area contributed by atoms with Gasteiger partial charge in [0, 0.05) is 23.7 Å². The lowest BCUT2D eigenvalue weighted by Gasteiger charge is -2.16. The lowest BCUT2D eigenvalue weighted by atomic mass is 10.0. The van der Waals surface area contributed by atoms with Gasteiger partial charge in [0.1, 0.15) is 0 Å². The number of anilines is 2. The Morgan fingerprint density at radius 2 is 1.76 bits per heavy atom. The number of pyridine rings is 2. The zero-order valence-corrected chi connectivity index (χ0v) is 22.9. The van der Waals surface area contributed by atoms with Crippen molar-refractivity contribution >= 4 is 34.8 Å². The first-order valence-corrected chi connectivity index (χ1v) is 12.7. The van der Waals surface area contributed by atoms with E-state index in [1.165, 1.54) is 0 Å². The molecule has 3 heterocycles. The second-order valence-electron chi connectivity index (χ2n) is 9.80. The summed E-state index contributed by atoms with van der Waals surface area (Å²) in [6.45, 7) is 12.4. The average Bonchev–Trinajstić information content (AvgIpc) is 3.30. The molecular formula is C28H37N7O3. The van der Waals surface area contributed by atoms with Gasteiger partial charge in [0.25, 0.3) is 5.91 Å². The minimum atomic E-state index is -0.868. The second kappa shape index (κ2) is 12.6. The van der Waals surface area contributed by atoms with E-state index in [0.29, 0.717) is 35.7 Å². The molecule has 0 saturated carbocycles. The van der Waals surface area contributed by atoms with E-state index in [0.717, 1.165) is 28.8 Å². The number of carbonyl (C=O) groups excluding carboxylic acids is 2. The van der Waals surface area contributed by atoms with Crippen LogP contribution in [-0.2, 0) is 11.3 Å². The van der Waals surface area contributed by atoms with E-state index in [2.05, 4.69) is 37.9 Å². The number of aromatic nitrogens is 4. The molecule has 3 aromatic heterocycles. The highest BCUT2D eigenvalue weighted by molar-refractivity contribution is 6.05. The summed E-state index contributed by atoms with van der Waals surface area (Å²) in [5, 5.41) is 23.1. The highest BCUT2D eigenvalue weighted by Crippen LogP contribution is 2.24. The third kappa shape index (κ3) is 8.06. The minimum absolute atomic E-state index is 0.189. The van der Waals surface area contributed by atoms with Crippen LogP contribution in [-0.4, -0.2) is 55.4 Å². The maximum absolute atomic E-state index is 13.1. The molecule has 0 aliphatic rings. The third-order valence-corrected chi connectivity index (χ3v) is 5.81. The number of aliphatic hydroxyl groups is 1. The fourth-order valence-electron chi connectivity index (χ4n) is 3.78. The van der Waals surface area contributed by atoms with Crippen molar-refractivity contribution < 1.29 is 14.7 Å². The molecule has 2 amide bonds. The fourth-order valence-corrected chi connectivity index (χ4v) is 3.78. The van der Waals surface area contributed by atoms with Gasteiger partial charge in [-0.1, -0.05) is 13.8 Å². The first kappa shape index (κ1) is 28.7. The summed E-state index contributed by atoms with van der Waals surface area (Å²) in [7, 11) is 0. The van der Waals surface area contributed by atoms with Crippen LogP contribution < -0.4 is 16.0 Å². The minimum Gasteiger partial charge on any atom is -0.389 e. The monoisotopic (exact) mass is 519 g/mol. The predicted molar refractivity (Wildman–Crippen MR) is 150 cm³/mol.